The number of nitrogens with zero attached hydrogens (tertiary/aromatic N) is 3. The van der Waals surface area contributed by atoms with Crippen LogP contribution >= 0.6 is 0 Å². The second-order valence-electron chi connectivity index (χ2n) is 11.4. The Morgan fingerprint density at radius 1 is 0.897 bits per heavy atom. The van der Waals surface area contributed by atoms with Gasteiger partial charge in [0.05, 0.1) is 17.3 Å². The number of ketones is 1. The molecule has 3 atom stereocenters. The Morgan fingerprint density at radius 2 is 1.54 bits per heavy atom. The van der Waals surface area contributed by atoms with Crippen molar-refractivity contribution in [2.75, 3.05) is 31.5 Å². The van der Waals surface area contributed by atoms with E-state index in [9.17, 15) is 14.4 Å². The van der Waals surface area contributed by atoms with E-state index in [1.54, 1.807) is 24.3 Å². The van der Waals surface area contributed by atoms with Crippen LogP contribution in [0.3, 0.4) is 0 Å². The molecule has 0 radical (unpaired) electrons. The highest BCUT2D eigenvalue weighted by atomic mass is 16.2. The zero-order chi connectivity index (χ0) is 27.4. The van der Waals surface area contributed by atoms with Gasteiger partial charge in [0.15, 0.2) is 5.78 Å². The molecule has 2 N–H and O–H groups in total. The molecule has 0 aromatic heterocycles. The highest BCUT2D eigenvalue weighted by Gasteiger charge is 2.31. The fourth-order valence-corrected chi connectivity index (χ4v) is 6.13. The van der Waals surface area contributed by atoms with Gasteiger partial charge < -0.3 is 20.4 Å². The van der Waals surface area contributed by atoms with E-state index >= 15 is 0 Å². The minimum Gasteiger partial charge on any atom is -0.326 e. The average molecular weight is 532 g/mol. The SMILES string of the molecule is CC1CCCCN1CCC(=O)NC1=CC2C(=O)c3cc(NC(=O)CCN4CCCCC4C)ccc3N=C2C=C1. The molecule has 3 unspecified atom stereocenters. The minimum absolute atomic E-state index is 0.0448. The molecule has 2 fully saturated rings. The van der Waals surface area contributed by atoms with Gasteiger partial charge in [-0.15, -0.1) is 0 Å². The Labute approximate surface area is 231 Å². The third-order valence-electron chi connectivity index (χ3n) is 8.59. The highest BCUT2D eigenvalue weighted by molar-refractivity contribution is 6.23. The van der Waals surface area contributed by atoms with Gasteiger partial charge in [-0.2, -0.15) is 0 Å². The van der Waals surface area contributed by atoms with E-state index < -0.39 is 5.92 Å². The summed E-state index contributed by atoms with van der Waals surface area (Å²) in [4.78, 5) is 48.2. The standard InChI is InChI=1S/C31H41N5O3/c1-21-7-3-5-15-35(21)17-13-29(37)32-23-9-11-27-25(19-23)31(39)26-20-24(10-12-28(26)34-27)33-30(38)14-18-36-16-6-4-8-22(36)2/h9-12,19-22,25H,3-8,13-18H2,1-2H3,(H,32,37)(H,33,38). The van der Waals surface area contributed by atoms with Crippen LogP contribution in [0, 0.1) is 5.92 Å². The molecule has 4 aliphatic rings. The van der Waals surface area contributed by atoms with Crippen molar-refractivity contribution in [2.45, 2.75) is 77.3 Å². The number of likely N-dealkylation sites (tertiary alicyclic amines) is 2. The molecular weight excluding hydrogens is 490 g/mol. The van der Waals surface area contributed by atoms with Gasteiger partial charge in [0.2, 0.25) is 11.8 Å². The minimum atomic E-state index is -0.550. The smallest absolute Gasteiger partial charge is 0.225 e. The Hall–Kier alpha value is -3.10. The lowest BCUT2D eigenvalue weighted by atomic mass is 9.85. The summed E-state index contributed by atoms with van der Waals surface area (Å²) < 4.78 is 0. The summed E-state index contributed by atoms with van der Waals surface area (Å²) in [6.45, 7) is 8.04. The number of rotatable bonds is 8. The van der Waals surface area contributed by atoms with Crippen LogP contribution in [-0.2, 0) is 9.59 Å². The summed E-state index contributed by atoms with van der Waals surface area (Å²) in [7, 11) is 0. The van der Waals surface area contributed by atoms with Gasteiger partial charge in [0.25, 0.3) is 0 Å². The zero-order valence-corrected chi connectivity index (χ0v) is 23.2. The largest absolute Gasteiger partial charge is 0.326 e. The summed E-state index contributed by atoms with van der Waals surface area (Å²) in [5, 5.41) is 5.93. The van der Waals surface area contributed by atoms with Crippen LogP contribution in [0.5, 0.6) is 0 Å². The lowest BCUT2D eigenvalue weighted by molar-refractivity contribution is -0.121. The number of carbonyl (C=O) groups is 3. The molecule has 1 aliphatic carbocycles. The second-order valence-corrected chi connectivity index (χ2v) is 11.4. The van der Waals surface area contributed by atoms with Crippen molar-refractivity contribution < 1.29 is 14.4 Å². The molecule has 8 nitrogen and oxygen atoms in total. The first kappa shape index (κ1) is 27.5. The van der Waals surface area contributed by atoms with Gasteiger partial charge in [-0.25, -0.2) is 0 Å². The molecule has 8 heteroatoms. The topological polar surface area (TPSA) is 94.1 Å². The summed E-state index contributed by atoms with van der Waals surface area (Å²) in [5.41, 5.74) is 2.99. The Bertz CT molecular complexity index is 1200. The predicted molar refractivity (Wildman–Crippen MR) is 154 cm³/mol. The molecule has 208 valence electrons. The van der Waals surface area contributed by atoms with E-state index in [1.165, 1.54) is 38.5 Å². The zero-order valence-electron chi connectivity index (χ0n) is 23.2. The summed E-state index contributed by atoms with van der Waals surface area (Å²) >= 11 is 0. The molecule has 5 rings (SSSR count). The number of hydrogen-bond acceptors (Lipinski definition) is 6. The molecule has 1 aromatic rings. The first-order chi connectivity index (χ1) is 18.9. The number of piperidine rings is 2. The van der Waals surface area contributed by atoms with Crippen LogP contribution in [0.2, 0.25) is 0 Å². The molecule has 0 saturated carbocycles. The second kappa shape index (κ2) is 12.4. The number of benzene rings is 1. The number of allylic oxidation sites excluding steroid dienone is 3. The maximum Gasteiger partial charge on any atom is 0.225 e. The molecule has 3 heterocycles. The van der Waals surface area contributed by atoms with E-state index in [2.05, 4.69) is 39.3 Å². The van der Waals surface area contributed by atoms with Crippen LogP contribution in [-0.4, -0.2) is 71.4 Å². The number of nitrogens with one attached hydrogen (secondary N) is 2. The fraction of sp³-hybridized carbons (Fsp3) is 0.548. The number of aliphatic imine (C=N–C) groups is 1. The van der Waals surface area contributed by atoms with Gasteiger partial charge in [0.1, 0.15) is 0 Å². The third kappa shape index (κ3) is 6.73. The Morgan fingerprint density at radius 3 is 2.18 bits per heavy atom. The van der Waals surface area contributed by atoms with E-state index in [0.717, 1.165) is 26.2 Å². The quantitative estimate of drug-likeness (QED) is 0.511. The van der Waals surface area contributed by atoms with Crippen LogP contribution in [0.25, 0.3) is 0 Å². The molecule has 0 bridgehead atoms. The molecule has 0 spiro atoms. The van der Waals surface area contributed by atoms with Crippen LogP contribution in [0.15, 0.2) is 47.1 Å². The van der Waals surface area contributed by atoms with Gasteiger partial charge in [-0.3, -0.25) is 19.4 Å². The number of Topliss-reactive ketones (excluding diaryl/α,β-unsaturated/α-hetero) is 1. The van der Waals surface area contributed by atoms with Crippen molar-refractivity contribution >= 4 is 34.7 Å². The molecule has 3 aliphatic heterocycles. The van der Waals surface area contributed by atoms with Crippen LogP contribution < -0.4 is 10.6 Å². The van der Waals surface area contributed by atoms with Gasteiger partial charge in [0, 0.05) is 55.0 Å². The van der Waals surface area contributed by atoms with Crippen molar-refractivity contribution in [1.29, 1.82) is 0 Å². The van der Waals surface area contributed by atoms with E-state index in [-0.39, 0.29) is 17.6 Å². The van der Waals surface area contributed by atoms with E-state index in [0.29, 0.717) is 53.3 Å². The lowest BCUT2D eigenvalue weighted by Crippen LogP contribution is -2.40. The number of fused-ring (bicyclic) bond motifs is 2. The lowest BCUT2D eigenvalue weighted by Gasteiger charge is -2.33. The molecule has 1 aromatic carbocycles. The maximum absolute atomic E-state index is 13.5. The number of hydrogen-bond donors (Lipinski definition) is 2. The average Bonchev–Trinajstić information content (AvgIpc) is 2.93. The molecule has 2 saturated heterocycles. The molecule has 2 amide bonds. The molecule has 39 heavy (non-hydrogen) atoms. The van der Waals surface area contributed by atoms with Crippen LogP contribution in [0.4, 0.5) is 11.4 Å². The monoisotopic (exact) mass is 531 g/mol. The summed E-state index contributed by atoms with van der Waals surface area (Å²) in [6, 6.07) is 6.35. The third-order valence-corrected chi connectivity index (χ3v) is 8.59. The Balaban J connectivity index is 1.18. The van der Waals surface area contributed by atoms with Gasteiger partial charge in [-0.05, 0) is 89.0 Å². The van der Waals surface area contributed by atoms with Crippen molar-refractivity contribution in [2.24, 2.45) is 10.9 Å². The molecular formula is C31H41N5O3. The summed E-state index contributed by atoms with van der Waals surface area (Å²) in [5.74, 6) is -0.723. The highest BCUT2D eigenvalue weighted by Crippen LogP contribution is 2.34. The van der Waals surface area contributed by atoms with Crippen molar-refractivity contribution in [3.8, 4) is 0 Å². The van der Waals surface area contributed by atoms with Crippen molar-refractivity contribution in [1.82, 2.24) is 15.1 Å². The van der Waals surface area contributed by atoms with Crippen LogP contribution in [0.1, 0.15) is 75.6 Å². The van der Waals surface area contributed by atoms with Crippen molar-refractivity contribution in [3.63, 3.8) is 0 Å². The maximum atomic E-state index is 13.5. The number of anilines is 1. The first-order valence-corrected chi connectivity index (χ1v) is 14.6. The number of carbonyl (C=O) groups excluding carboxylic acids is 3. The van der Waals surface area contributed by atoms with E-state index in [1.807, 2.05) is 12.2 Å². The van der Waals surface area contributed by atoms with Gasteiger partial charge >= 0.3 is 0 Å². The fourth-order valence-electron chi connectivity index (χ4n) is 6.13. The van der Waals surface area contributed by atoms with E-state index in [4.69, 9.17) is 0 Å². The first-order valence-electron chi connectivity index (χ1n) is 14.6. The number of amides is 2. The summed E-state index contributed by atoms with van der Waals surface area (Å²) in [6.07, 6.45) is 13.5. The normalized spacial score (nSPS) is 25.3. The van der Waals surface area contributed by atoms with Crippen molar-refractivity contribution in [3.05, 3.63) is 47.7 Å². The Kier molecular flexibility index (Phi) is 8.72. The predicted octanol–water partition coefficient (Wildman–Crippen LogP) is 4.61. The van der Waals surface area contributed by atoms with Gasteiger partial charge in [-0.1, -0.05) is 12.8 Å².